The molecule has 0 aromatic heterocycles. The Bertz CT molecular complexity index is 739. The van der Waals surface area contributed by atoms with Gasteiger partial charge in [-0.3, -0.25) is 9.79 Å². The Kier molecular flexibility index (Phi) is 8.66. The highest BCUT2D eigenvalue weighted by molar-refractivity contribution is 8.18. The van der Waals surface area contributed by atoms with Gasteiger partial charge in [0.1, 0.15) is 0 Å². The number of hydrogen-bond donors (Lipinski definition) is 1. The number of carbonyl (C=O) groups excluding carboxylic acids is 1. The fourth-order valence-corrected chi connectivity index (χ4v) is 5.03. The van der Waals surface area contributed by atoms with Crippen LogP contribution in [0.2, 0.25) is 0 Å². The second-order valence-corrected chi connectivity index (χ2v) is 8.94. The molecule has 2 aliphatic rings. The molecule has 5 heteroatoms. The zero-order valence-electron chi connectivity index (χ0n) is 18.0. The Labute approximate surface area is 180 Å². The third-order valence-corrected chi connectivity index (χ3v) is 6.68. The van der Waals surface area contributed by atoms with Crippen LogP contribution in [0.1, 0.15) is 77.2 Å². The number of amidine groups is 1. The number of nitrogens with zero attached hydrogens (tertiary/aromatic N) is 2. The average Bonchev–Trinajstić information content (AvgIpc) is 3.11. The van der Waals surface area contributed by atoms with Gasteiger partial charge >= 0.3 is 0 Å². The largest absolute Gasteiger partial charge is 0.323 e. The van der Waals surface area contributed by atoms with Crippen LogP contribution in [0.5, 0.6) is 0 Å². The second kappa shape index (κ2) is 11.4. The number of benzene rings is 1. The third-order valence-electron chi connectivity index (χ3n) is 5.52. The third kappa shape index (κ3) is 6.11. The summed E-state index contributed by atoms with van der Waals surface area (Å²) >= 11 is 1.54. The van der Waals surface area contributed by atoms with Crippen molar-refractivity contribution in [2.75, 3.05) is 18.4 Å². The van der Waals surface area contributed by atoms with Crippen molar-refractivity contribution in [1.29, 1.82) is 0 Å². The topological polar surface area (TPSA) is 44.7 Å². The quantitative estimate of drug-likeness (QED) is 0.430. The van der Waals surface area contributed by atoms with E-state index < -0.39 is 0 Å². The number of rotatable bonds is 11. The lowest BCUT2D eigenvalue weighted by Gasteiger charge is -2.25. The Morgan fingerprint density at radius 3 is 2.55 bits per heavy atom. The highest BCUT2D eigenvalue weighted by atomic mass is 32.2. The molecule has 0 spiro atoms. The van der Waals surface area contributed by atoms with Crippen LogP contribution in [-0.2, 0) is 11.2 Å². The van der Waals surface area contributed by atoms with Crippen LogP contribution in [0.15, 0.2) is 39.9 Å². The van der Waals surface area contributed by atoms with Crippen molar-refractivity contribution in [3.05, 3.63) is 40.4 Å². The molecular formula is C24H35N3OS. The minimum absolute atomic E-state index is 0.000718. The van der Waals surface area contributed by atoms with E-state index in [0.717, 1.165) is 60.2 Å². The number of amides is 1. The van der Waals surface area contributed by atoms with E-state index in [1.807, 2.05) is 12.1 Å². The van der Waals surface area contributed by atoms with Gasteiger partial charge in [0, 0.05) is 24.5 Å². The van der Waals surface area contributed by atoms with Crippen molar-refractivity contribution in [3.63, 3.8) is 0 Å². The standard InChI is InChI=1S/C24H35N3OS/c1-3-5-6-7-8-9-12-19-13-15-20(16-14-19)26-23(28)22-21(11-4-2)27-18-10-17-25-24(27)29-22/h13-16H,3-12,17-18H2,1-2H3,(H,26,28). The van der Waals surface area contributed by atoms with E-state index in [0.29, 0.717) is 0 Å². The molecule has 29 heavy (non-hydrogen) atoms. The molecule has 2 heterocycles. The Morgan fingerprint density at radius 1 is 1.03 bits per heavy atom. The predicted octanol–water partition coefficient (Wildman–Crippen LogP) is 6.35. The molecule has 0 atom stereocenters. The minimum Gasteiger partial charge on any atom is -0.323 e. The number of aliphatic imine (C=N–C) groups is 1. The number of nitrogens with one attached hydrogen (secondary N) is 1. The maximum Gasteiger partial charge on any atom is 0.264 e. The maximum absolute atomic E-state index is 13.0. The van der Waals surface area contributed by atoms with Gasteiger partial charge in [-0.2, -0.15) is 0 Å². The maximum atomic E-state index is 13.0. The SMILES string of the molecule is CCCCCCCCc1ccc(NC(=O)C2=C(CCC)N3CCCN=C3S2)cc1. The zero-order chi connectivity index (χ0) is 20.5. The second-order valence-electron chi connectivity index (χ2n) is 7.97. The van der Waals surface area contributed by atoms with Crippen molar-refractivity contribution in [1.82, 2.24) is 4.90 Å². The first-order chi connectivity index (χ1) is 14.2. The Balaban J connectivity index is 1.54. The monoisotopic (exact) mass is 413 g/mol. The van der Waals surface area contributed by atoms with Crippen molar-refractivity contribution in [3.8, 4) is 0 Å². The van der Waals surface area contributed by atoms with Gasteiger partial charge in [0.2, 0.25) is 0 Å². The fraction of sp³-hybridized carbons (Fsp3) is 0.583. The summed E-state index contributed by atoms with van der Waals surface area (Å²) < 4.78 is 0. The number of allylic oxidation sites excluding steroid dienone is 1. The number of hydrogen-bond acceptors (Lipinski definition) is 4. The molecule has 1 amide bonds. The molecule has 1 aromatic rings. The van der Waals surface area contributed by atoms with E-state index in [4.69, 9.17) is 0 Å². The summed E-state index contributed by atoms with van der Waals surface area (Å²) in [7, 11) is 0. The number of carbonyl (C=O) groups is 1. The van der Waals surface area contributed by atoms with Gasteiger partial charge in [-0.15, -0.1) is 0 Å². The summed E-state index contributed by atoms with van der Waals surface area (Å²) in [5, 5.41) is 4.10. The summed E-state index contributed by atoms with van der Waals surface area (Å²) in [6.07, 6.45) is 12.1. The number of thioether (sulfide) groups is 1. The molecule has 4 nitrogen and oxygen atoms in total. The molecule has 0 aliphatic carbocycles. The van der Waals surface area contributed by atoms with Crippen molar-refractivity contribution in [2.45, 2.75) is 78.1 Å². The number of anilines is 1. The lowest BCUT2D eigenvalue weighted by atomic mass is 10.0. The van der Waals surface area contributed by atoms with Gasteiger partial charge < -0.3 is 10.2 Å². The van der Waals surface area contributed by atoms with E-state index in [-0.39, 0.29) is 5.91 Å². The smallest absolute Gasteiger partial charge is 0.264 e. The summed E-state index contributed by atoms with van der Waals surface area (Å²) in [5.41, 5.74) is 3.37. The molecule has 1 N–H and O–H groups in total. The highest BCUT2D eigenvalue weighted by Gasteiger charge is 2.33. The number of aryl methyl sites for hydroxylation is 1. The average molecular weight is 414 g/mol. The normalized spacial score (nSPS) is 16.1. The molecule has 158 valence electrons. The lowest BCUT2D eigenvalue weighted by molar-refractivity contribution is -0.112. The van der Waals surface area contributed by atoms with Gasteiger partial charge in [-0.25, -0.2) is 0 Å². The first-order valence-electron chi connectivity index (χ1n) is 11.4. The fourth-order valence-electron chi connectivity index (χ4n) is 3.91. The number of unbranched alkanes of at least 4 members (excludes halogenated alkanes) is 5. The number of fused-ring (bicyclic) bond motifs is 1. The van der Waals surface area contributed by atoms with Crippen LogP contribution in [0, 0.1) is 0 Å². The summed E-state index contributed by atoms with van der Waals surface area (Å²) in [5.74, 6) is -0.000718. The molecule has 3 rings (SSSR count). The van der Waals surface area contributed by atoms with Gasteiger partial charge in [0.05, 0.1) is 4.91 Å². The predicted molar refractivity (Wildman–Crippen MR) is 125 cm³/mol. The van der Waals surface area contributed by atoms with Crippen LogP contribution in [0.3, 0.4) is 0 Å². The van der Waals surface area contributed by atoms with E-state index in [1.165, 1.54) is 55.9 Å². The first-order valence-corrected chi connectivity index (χ1v) is 12.2. The lowest BCUT2D eigenvalue weighted by Crippen LogP contribution is -2.29. The highest BCUT2D eigenvalue weighted by Crippen LogP contribution is 2.38. The summed E-state index contributed by atoms with van der Waals surface area (Å²) in [4.78, 5) is 20.6. The van der Waals surface area contributed by atoms with Crippen molar-refractivity contribution in [2.24, 2.45) is 4.99 Å². The first kappa shape index (κ1) is 21.9. The molecule has 0 unspecified atom stereocenters. The Hall–Kier alpha value is -1.75. The molecule has 0 fully saturated rings. The van der Waals surface area contributed by atoms with Crippen molar-refractivity contribution < 1.29 is 4.79 Å². The van der Waals surface area contributed by atoms with Crippen LogP contribution in [0.4, 0.5) is 5.69 Å². The molecule has 2 aliphatic heterocycles. The van der Waals surface area contributed by atoms with Gasteiger partial charge in [-0.1, -0.05) is 64.5 Å². The molecular weight excluding hydrogens is 378 g/mol. The van der Waals surface area contributed by atoms with Gasteiger partial charge in [0.15, 0.2) is 5.17 Å². The Morgan fingerprint density at radius 2 is 1.79 bits per heavy atom. The van der Waals surface area contributed by atoms with Crippen LogP contribution in [0.25, 0.3) is 0 Å². The van der Waals surface area contributed by atoms with Crippen LogP contribution >= 0.6 is 11.8 Å². The van der Waals surface area contributed by atoms with E-state index in [9.17, 15) is 4.79 Å². The minimum atomic E-state index is -0.000718. The molecule has 0 bridgehead atoms. The van der Waals surface area contributed by atoms with E-state index in [2.05, 4.69) is 41.2 Å². The summed E-state index contributed by atoms with van der Waals surface area (Å²) in [6.45, 7) is 6.26. The van der Waals surface area contributed by atoms with Gasteiger partial charge in [-0.05, 0) is 55.1 Å². The van der Waals surface area contributed by atoms with Crippen molar-refractivity contribution >= 4 is 28.5 Å². The summed E-state index contributed by atoms with van der Waals surface area (Å²) in [6, 6.07) is 8.37. The molecule has 0 saturated heterocycles. The van der Waals surface area contributed by atoms with E-state index in [1.54, 1.807) is 0 Å². The molecule has 1 aromatic carbocycles. The van der Waals surface area contributed by atoms with Crippen LogP contribution < -0.4 is 5.32 Å². The van der Waals surface area contributed by atoms with E-state index >= 15 is 0 Å². The molecule has 0 saturated carbocycles. The van der Waals surface area contributed by atoms with Crippen LogP contribution in [-0.4, -0.2) is 29.1 Å². The van der Waals surface area contributed by atoms with Gasteiger partial charge in [0.25, 0.3) is 5.91 Å². The zero-order valence-corrected chi connectivity index (χ0v) is 18.8. The molecule has 0 radical (unpaired) electrons.